The van der Waals surface area contributed by atoms with E-state index in [1.807, 2.05) is 37.3 Å². The molecule has 0 fully saturated rings. The van der Waals surface area contributed by atoms with Crippen LogP contribution in [0.1, 0.15) is 21.8 Å². The van der Waals surface area contributed by atoms with Crippen molar-refractivity contribution in [2.24, 2.45) is 0 Å². The lowest BCUT2D eigenvalue weighted by atomic mass is 10.1. The van der Waals surface area contributed by atoms with Crippen molar-refractivity contribution in [3.05, 3.63) is 70.0 Å². The molecule has 6 heteroatoms. The summed E-state index contributed by atoms with van der Waals surface area (Å²) in [6.45, 7) is 1.92. The number of hydrogen-bond acceptors (Lipinski definition) is 5. The monoisotopic (exact) mass is 372 g/mol. The number of benzene rings is 2. The highest BCUT2D eigenvalue weighted by Gasteiger charge is 2.12. The fourth-order valence-electron chi connectivity index (χ4n) is 2.03. The van der Waals surface area contributed by atoms with E-state index in [4.69, 9.17) is 9.15 Å². The molecule has 0 aliphatic carbocycles. The maximum Gasteiger partial charge on any atom is 0.338 e. The lowest BCUT2D eigenvalue weighted by molar-refractivity contribution is 0.0438. The van der Waals surface area contributed by atoms with Crippen LogP contribution >= 0.6 is 15.9 Å². The van der Waals surface area contributed by atoms with Crippen LogP contribution in [-0.2, 0) is 11.3 Å². The number of aryl methyl sites for hydroxylation is 1. The Hall–Kier alpha value is -2.47. The van der Waals surface area contributed by atoms with Crippen LogP contribution in [0.25, 0.3) is 11.5 Å². The van der Waals surface area contributed by atoms with Gasteiger partial charge in [0.15, 0.2) is 6.61 Å². The zero-order valence-electron chi connectivity index (χ0n) is 12.3. The van der Waals surface area contributed by atoms with E-state index in [0.717, 1.165) is 15.6 Å². The third-order valence-electron chi connectivity index (χ3n) is 3.12. The van der Waals surface area contributed by atoms with Gasteiger partial charge in [-0.15, -0.1) is 10.2 Å². The summed E-state index contributed by atoms with van der Waals surface area (Å²) >= 11 is 3.31. The summed E-state index contributed by atoms with van der Waals surface area (Å²) in [4.78, 5) is 12.0. The zero-order valence-corrected chi connectivity index (χ0v) is 13.9. The van der Waals surface area contributed by atoms with E-state index in [-0.39, 0.29) is 12.5 Å². The Balaban J connectivity index is 1.67. The van der Waals surface area contributed by atoms with Crippen molar-refractivity contribution in [3.8, 4) is 11.5 Å². The van der Waals surface area contributed by atoms with Crippen molar-refractivity contribution in [1.82, 2.24) is 10.2 Å². The number of rotatable bonds is 4. The molecule has 0 atom stereocenters. The molecule has 3 rings (SSSR count). The van der Waals surface area contributed by atoms with Gasteiger partial charge < -0.3 is 9.15 Å². The summed E-state index contributed by atoms with van der Waals surface area (Å²) in [5.41, 5.74) is 2.39. The van der Waals surface area contributed by atoms with Crippen LogP contribution in [0, 0.1) is 6.92 Å². The lowest BCUT2D eigenvalue weighted by Crippen LogP contribution is -2.05. The van der Waals surface area contributed by atoms with Gasteiger partial charge in [0.1, 0.15) is 0 Å². The van der Waals surface area contributed by atoms with Crippen molar-refractivity contribution in [2.75, 3.05) is 0 Å². The summed E-state index contributed by atoms with van der Waals surface area (Å²) in [5.74, 6) is 0.216. The molecule has 0 N–H and O–H groups in total. The summed E-state index contributed by atoms with van der Waals surface area (Å²) in [5, 5.41) is 7.88. The quantitative estimate of drug-likeness (QED) is 0.643. The molecule has 1 heterocycles. The predicted molar refractivity (Wildman–Crippen MR) is 87.7 cm³/mol. The number of hydrogen-bond donors (Lipinski definition) is 0. The molecule has 1 aromatic heterocycles. The number of carbonyl (C=O) groups is 1. The molecule has 0 radical (unpaired) electrons. The fraction of sp³-hybridized carbons (Fsp3) is 0.118. The minimum Gasteiger partial charge on any atom is -0.452 e. The second kappa shape index (κ2) is 6.75. The van der Waals surface area contributed by atoms with Gasteiger partial charge in [-0.3, -0.25) is 0 Å². The van der Waals surface area contributed by atoms with E-state index < -0.39 is 5.97 Å². The second-order valence-electron chi connectivity index (χ2n) is 4.96. The Labute approximate surface area is 141 Å². The molecule has 0 aliphatic heterocycles. The molecule has 116 valence electrons. The smallest absolute Gasteiger partial charge is 0.338 e. The first kappa shape index (κ1) is 15.4. The van der Waals surface area contributed by atoms with Gasteiger partial charge in [0.05, 0.1) is 5.56 Å². The van der Waals surface area contributed by atoms with Crippen LogP contribution in [0.2, 0.25) is 0 Å². The van der Waals surface area contributed by atoms with E-state index >= 15 is 0 Å². The minimum atomic E-state index is -0.443. The summed E-state index contributed by atoms with van der Waals surface area (Å²) in [7, 11) is 0. The Morgan fingerprint density at radius 3 is 2.78 bits per heavy atom. The predicted octanol–water partition coefficient (Wildman–Crippen LogP) is 4.16. The molecule has 0 amide bonds. The number of ether oxygens (including phenoxy) is 1. The van der Waals surface area contributed by atoms with Crippen LogP contribution in [-0.4, -0.2) is 16.2 Å². The molecule has 0 aliphatic rings. The number of aromatic nitrogens is 2. The molecular formula is C17H13BrN2O3. The normalized spacial score (nSPS) is 10.5. The lowest BCUT2D eigenvalue weighted by Gasteiger charge is -2.02. The zero-order chi connectivity index (χ0) is 16.2. The molecule has 0 saturated carbocycles. The first-order valence-corrected chi connectivity index (χ1v) is 7.73. The molecule has 23 heavy (non-hydrogen) atoms. The number of nitrogens with zero attached hydrogens (tertiary/aromatic N) is 2. The molecule has 0 bridgehead atoms. The van der Waals surface area contributed by atoms with E-state index in [1.165, 1.54) is 0 Å². The Morgan fingerprint density at radius 1 is 1.17 bits per heavy atom. The highest BCUT2D eigenvalue weighted by Crippen LogP contribution is 2.19. The molecule has 2 aromatic carbocycles. The van der Waals surface area contributed by atoms with Crippen LogP contribution in [0.15, 0.2) is 57.4 Å². The van der Waals surface area contributed by atoms with Gasteiger partial charge in [-0.1, -0.05) is 39.7 Å². The van der Waals surface area contributed by atoms with Crippen LogP contribution in [0.4, 0.5) is 0 Å². The van der Waals surface area contributed by atoms with Crippen LogP contribution in [0.5, 0.6) is 0 Å². The number of carbonyl (C=O) groups excluding carboxylic acids is 1. The maximum absolute atomic E-state index is 12.0. The van der Waals surface area contributed by atoms with E-state index in [0.29, 0.717) is 11.5 Å². The van der Waals surface area contributed by atoms with Gasteiger partial charge in [-0.2, -0.15) is 0 Å². The van der Waals surface area contributed by atoms with Crippen molar-refractivity contribution in [3.63, 3.8) is 0 Å². The molecule has 3 aromatic rings. The van der Waals surface area contributed by atoms with Crippen molar-refractivity contribution >= 4 is 21.9 Å². The number of esters is 1. The third-order valence-corrected chi connectivity index (χ3v) is 3.61. The van der Waals surface area contributed by atoms with Gasteiger partial charge in [0.25, 0.3) is 5.89 Å². The van der Waals surface area contributed by atoms with Crippen molar-refractivity contribution in [1.29, 1.82) is 0 Å². The number of halogens is 1. The Morgan fingerprint density at radius 2 is 2.00 bits per heavy atom. The van der Waals surface area contributed by atoms with Gasteiger partial charge in [-0.25, -0.2) is 4.79 Å². The van der Waals surface area contributed by atoms with Crippen LogP contribution in [0.3, 0.4) is 0 Å². The molecule has 0 unspecified atom stereocenters. The third kappa shape index (κ3) is 3.84. The summed E-state index contributed by atoms with van der Waals surface area (Å²) in [6, 6.07) is 14.7. The van der Waals surface area contributed by atoms with Gasteiger partial charge in [-0.05, 0) is 37.3 Å². The Bertz CT molecular complexity index is 845. The van der Waals surface area contributed by atoms with Gasteiger partial charge in [0.2, 0.25) is 5.89 Å². The SMILES string of the molecule is Cc1cccc(-c2nnc(COC(=O)c3cccc(Br)c3)o2)c1. The summed E-state index contributed by atoms with van der Waals surface area (Å²) < 4.78 is 11.5. The first-order valence-electron chi connectivity index (χ1n) is 6.94. The fourth-order valence-corrected chi connectivity index (χ4v) is 2.43. The molecule has 0 spiro atoms. The van der Waals surface area contributed by atoms with E-state index in [2.05, 4.69) is 26.1 Å². The highest BCUT2D eigenvalue weighted by atomic mass is 79.9. The Kier molecular flexibility index (Phi) is 4.52. The van der Waals surface area contributed by atoms with Crippen molar-refractivity contribution < 1.29 is 13.9 Å². The van der Waals surface area contributed by atoms with E-state index in [1.54, 1.807) is 18.2 Å². The maximum atomic E-state index is 12.0. The largest absolute Gasteiger partial charge is 0.452 e. The second-order valence-corrected chi connectivity index (χ2v) is 5.87. The summed E-state index contributed by atoms with van der Waals surface area (Å²) in [6.07, 6.45) is 0. The minimum absolute atomic E-state index is 0.0653. The first-order chi connectivity index (χ1) is 11.1. The van der Waals surface area contributed by atoms with Gasteiger partial charge >= 0.3 is 5.97 Å². The average Bonchev–Trinajstić information content (AvgIpc) is 3.01. The average molecular weight is 373 g/mol. The van der Waals surface area contributed by atoms with E-state index in [9.17, 15) is 4.79 Å². The molecule has 0 saturated heterocycles. The molecule has 5 nitrogen and oxygen atoms in total. The standard InChI is InChI=1S/C17H13BrN2O3/c1-11-4-2-5-12(8-11)16-20-19-15(23-16)10-22-17(21)13-6-3-7-14(18)9-13/h2-9H,10H2,1H3. The topological polar surface area (TPSA) is 65.2 Å². The van der Waals surface area contributed by atoms with Gasteiger partial charge in [0, 0.05) is 10.0 Å². The van der Waals surface area contributed by atoms with Crippen molar-refractivity contribution in [2.45, 2.75) is 13.5 Å². The highest BCUT2D eigenvalue weighted by molar-refractivity contribution is 9.10. The van der Waals surface area contributed by atoms with Crippen LogP contribution < -0.4 is 0 Å². The molecular weight excluding hydrogens is 360 g/mol.